The van der Waals surface area contributed by atoms with Gasteiger partial charge in [-0.1, -0.05) is 6.07 Å². The van der Waals surface area contributed by atoms with Gasteiger partial charge in [-0.3, -0.25) is 9.78 Å². The largest absolute Gasteiger partial charge is 0.489 e. The minimum absolute atomic E-state index is 0.107. The van der Waals surface area contributed by atoms with Crippen molar-refractivity contribution in [2.75, 3.05) is 12.3 Å². The standard InChI is InChI=1S/C22H17N3O4/c1-11-10-29-21-14(13-7-12-3-2-6-24-18(12)17(23)8-13)4-5-15-19(21)25(11)9-16(20(15)26)22(27)28/h2-9,11H,10,23H2,1H3,(H,27,28). The van der Waals surface area contributed by atoms with Crippen molar-refractivity contribution < 1.29 is 14.6 Å². The molecule has 1 unspecified atom stereocenters. The number of carbonyl (C=O) groups is 1. The van der Waals surface area contributed by atoms with Gasteiger partial charge in [0, 0.05) is 23.3 Å². The zero-order valence-corrected chi connectivity index (χ0v) is 15.5. The number of nitrogens with zero attached hydrogens (tertiary/aromatic N) is 2. The van der Waals surface area contributed by atoms with Crippen LogP contribution in [0, 0.1) is 0 Å². The number of hydrogen-bond donors (Lipinski definition) is 2. The van der Waals surface area contributed by atoms with E-state index >= 15 is 0 Å². The van der Waals surface area contributed by atoms with Gasteiger partial charge in [-0.15, -0.1) is 0 Å². The van der Waals surface area contributed by atoms with E-state index in [4.69, 9.17) is 10.5 Å². The quantitative estimate of drug-likeness (QED) is 0.510. The average molecular weight is 387 g/mol. The maximum absolute atomic E-state index is 12.7. The summed E-state index contributed by atoms with van der Waals surface area (Å²) < 4.78 is 7.85. The van der Waals surface area contributed by atoms with Gasteiger partial charge >= 0.3 is 5.97 Å². The smallest absolute Gasteiger partial charge is 0.341 e. The fourth-order valence-electron chi connectivity index (χ4n) is 3.95. The molecule has 2 aromatic heterocycles. The molecule has 144 valence electrons. The molecule has 0 saturated carbocycles. The van der Waals surface area contributed by atoms with Gasteiger partial charge in [0.1, 0.15) is 12.2 Å². The predicted octanol–water partition coefficient (Wildman–Crippen LogP) is 3.45. The van der Waals surface area contributed by atoms with E-state index in [1.165, 1.54) is 6.20 Å². The number of aromatic carboxylic acids is 1. The molecule has 0 bridgehead atoms. The highest BCUT2D eigenvalue weighted by Gasteiger charge is 2.26. The summed E-state index contributed by atoms with van der Waals surface area (Å²) >= 11 is 0. The second-order valence-electron chi connectivity index (χ2n) is 7.22. The van der Waals surface area contributed by atoms with Gasteiger partial charge in [0.25, 0.3) is 0 Å². The summed E-state index contributed by atoms with van der Waals surface area (Å²) in [5.74, 6) is -0.683. The lowest BCUT2D eigenvalue weighted by molar-refractivity contribution is 0.0694. The molecule has 0 amide bonds. The maximum atomic E-state index is 12.7. The van der Waals surface area contributed by atoms with E-state index in [1.807, 2.05) is 35.8 Å². The molecule has 4 aromatic rings. The summed E-state index contributed by atoms with van der Waals surface area (Å²) in [6, 6.07) is 10.9. The number of carboxylic acids is 1. The number of hydrogen-bond acceptors (Lipinski definition) is 5. The van der Waals surface area contributed by atoms with Crippen LogP contribution in [0.15, 0.2) is 53.6 Å². The normalized spacial score (nSPS) is 15.4. The first-order valence-corrected chi connectivity index (χ1v) is 9.18. The third-order valence-corrected chi connectivity index (χ3v) is 5.37. The van der Waals surface area contributed by atoms with Gasteiger partial charge in [-0.05, 0) is 42.8 Å². The Hall–Kier alpha value is -3.87. The number of nitrogens with two attached hydrogens (primary N) is 1. The first-order valence-electron chi connectivity index (χ1n) is 9.18. The Balaban J connectivity index is 1.85. The summed E-state index contributed by atoms with van der Waals surface area (Å²) in [5.41, 5.74) is 8.96. The van der Waals surface area contributed by atoms with Crippen LogP contribution in [0.2, 0.25) is 0 Å². The first-order chi connectivity index (χ1) is 14.0. The fourth-order valence-corrected chi connectivity index (χ4v) is 3.95. The van der Waals surface area contributed by atoms with Gasteiger partial charge < -0.3 is 20.1 Å². The highest BCUT2D eigenvalue weighted by atomic mass is 16.5. The van der Waals surface area contributed by atoms with Crippen LogP contribution in [0.5, 0.6) is 5.75 Å². The van der Waals surface area contributed by atoms with Crippen LogP contribution in [0.25, 0.3) is 32.9 Å². The van der Waals surface area contributed by atoms with Crippen molar-refractivity contribution in [2.24, 2.45) is 0 Å². The molecule has 1 aliphatic rings. The minimum Gasteiger partial charge on any atom is -0.489 e. The Kier molecular flexibility index (Phi) is 3.61. The first kappa shape index (κ1) is 17.2. The molecule has 0 aliphatic carbocycles. The van der Waals surface area contributed by atoms with Crippen LogP contribution < -0.4 is 15.9 Å². The lowest BCUT2D eigenvalue weighted by Gasteiger charge is -2.28. The Morgan fingerprint density at radius 1 is 1.31 bits per heavy atom. The lowest BCUT2D eigenvalue weighted by Crippen LogP contribution is -2.26. The Morgan fingerprint density at radius 3 is 2.93 bits per heavy atom. The van der Waals surface area contributed by atoms with E-state index in [-0.39, 0.29) is 11.6 Å². The lowest BCUT2D eigenvalue weighted by atomic mass is 9.97. The Bertz CT molecular complexity index is 1390. The van der Waals surface area contributed by atoms with Crippen molar-refractivity contribution in [3.8, 4) is 16.9 Å². The van der Waals surface area contributed by atoms with Gasteiger partial charge in [0.15, 0.2) is 5.75 Å². The molecule has 7 heteroatoms. The molecule has 0 saturated heterocycles. The number of ether oxygens (including phenoxy) is 1. The molecule has 2 aromatic carbocycles. The monoisotopic (exact) mass is 387 g/mol. The summed E-state index contributed by atoms with van der Waals surface area (Å²) in [4.78, 5) is 28.6. The van der Waals surface area contributed by atoms with Crippen molar-refractivity contribution in [1.82, 2.24) is 9.55 Å². The molecule has 29 heavy (non-hydrogen) atoms. The van der Waals surface area contributed by atoms with Crippen molar-refractivity contribution >= 4 is 33.5 Å². The topological polar surface area (TPSA) is 107 Å². The second kappa shape index (κ2) is 6.07. The highest BCUT2D eigenvalue weighted by Crippen LogP contribution is 2.41. The van der Waals surface area contributed by atoms with Crippen molar-refractivity contribution in [2.45, 2.75) is 13.0 Å². The van der Waals surface area contributed by atoms with Gasteiger partial charge in [-0.25, -0.2) is 4.79 Å². The Morgan fingerprint density at radius 2 is 2.14 bits per heavy atom. The van der Waals surface area contributed by atoms with E-state index in [2.05, 4.69) is 4.98 Å². The highest BCUT2D eigenvalue weighted by molar-refractivity contribution is 6.00. The summed E-state index contributed by atoms with van der Waals surface area (Å²) in [7, 11) is 0. The van der Waals surface area contributed by atoms with Gasteiger partial charge in [0.05, 0.1) is 28.1 Å². The molecular weight excluding hydrogens is 370 g/mol. The molecule has 7 nitrogen and oxygen atoms in total. The molecule has 0 fully saturated rings. The van der Waals surface area contributed by atoms with Crippen molar-refractivity contribution in [3.63, 3.8) is 0 Å². The summed E-state index contributed by atoms with van der Waals surface area (Å²) in [6.45, 7) is 2.29. The van der Waals surface area contributed by atoms with E-state index in [0.717, 1.165) is 22.0 Å². The van der Waals surface area contributed by atoms with Crippen LogP contribution >= 0.6 is 0 Å². The van der Waals surface area contributed by atoms with Crippen molar-refractivity contribution in [1.29, 1.82) is 0 Å². The second-order valence-corrected chi connectivity index (χ2v) is 7.22. The molecule has 3 heterocycles. The Labute approximate surface area is 165 Å². The summed E-state index contributed by atoms with van der Waals surface area (Å²) in [6.07, 6.45) is 3.10. The molecular formula is C22H17N3O4. The number of aromatic nitrogens is 2. The molecule has 1 aliphatic heterocycles. The van der Waals surface area contributed by atoms with Crippen LogP contribution in [-0.2, 0) is 0 Å². The number of benzene rings is 2. The van der Waals surface area contributed by atoms with Crippen LogP contribution in [0.3, 0.4) is 0 Å². The number of rotatable bonds is 2. The number of fused-ring (bicyclic) bond motifs is 1. The fraction of sp³-hybridized carbons (Fsp3) is 0.136. The van der Waals surface area contributed by atoms with E-state index in [9.17, 15) is 14.7 Å². The summed E-state index contributed by atoms with van der Waals surface area (Å²) in [5, 5.41) is 10.6. The number of carboxylic acid groups (broad SMARTS) is 1. The molecule has 0 radical (unpaired) electrons. The molecule has 0 spiro atoms. The maximum Gasteiger partial charge on any atom is 0.341 e. The van der Waals surface area contributed by atoms with E-state index in [0.29, 0.717) is 28.9 Å². The zero-order valence-electron chi connectivity index (χ0n) is 15.5. The van der Waals surface area contributed by atoms with Crippen LogP contribution in [0.4, 0.5) is 5.69 Å². The van der Waals surface area contributed by atoms with Crippen LogP contribution in [-0.4, -0.2) is 27.2 Å². The molecule has 1 atom stereocenters. The number of nitrogen functional groups attached to an aromatic ring is 1. The van der Waals surface area contributed by atoms with Crippen LogP contribution in [0.1, 0.15) is 23.3 Å². The van der Waals surface area contributed by atoms with Crippen molar-refractivity contribution in [3.05, 3.63) is 64.6 Å². The molecule has 5 rings (SSSR count). The third-order valence-electron chi connectivity index (χ3n) is 5.37. The zero-order chi connectivity index (χ0) is 20.3. The number of pyridine rings is 2. The van der Waals surface area contributed by atoms with E-state index < -0.39 is 11.4 Å². The SMILES string of the molecule is CC1COc2c(-c3cc(N)c4ncccc4c3)ccc3c(=O)c(C(=O)O)cn1c23. The average Bonchev–Trinajstić information content (AvgIpc) is 2.71. The predicted molar refractivity (Wildman–Crippen MR) is 111 cm³/mol. The van der Waals surface area contributed by atoms with E-state index in [1.54, 1.807) is 18.3 Å². The minimum atomic E-state index is -1.24. The van der Waals surface area contributed by atoms with Gasteiger partial charge in [-0.2, -0.15) is 0 Å². The number of anilines is 1. The molecule has 3 N–H and O–H groups in total. The van der Waals surface area contributed by atoms with Gasteiger partial charge in [0.2, 0.25) is 5.43 Å². The third kappa shape index (κ3) is 2.47.